The molecule has 0 aliphatic rings. The molecule has 3 N–H and O–H groups in total. The van der Waals surface area contributed by atoms with Crippen molar-refractivity contribution in [2.75, 3.05) is 4.72 Å². The molecule has 0 spiro atoms. The number of benzene rings is 2. The van der Waals surface area contributed by atoms with Crippen LogP contribution >= 0.6 is 0 Å². The average molecular weight is 290 g/mol. The number of hydrogen-bond donors (Lipinski definition) is 2. The number of hydrogen-bond acceptors (Lipinski definition) is 3. The molecule has 0 radical (unpaired) electrons. The molecule has 4 nitrogen and oxygen atoms in total. The quantitative estimate of drug-likeness (QED) is 0.888. The van der Waals surface area contributed by atoms with Crippen LogP contribution < -0.4 is 10.5 Å². The van der Waals surface area contributed by atoms with E-state index in [2.05, 4.69) is 4.72 Å². The third kappa shape index (κ3) is 3.37. The second kappa shape index (κ2) is 6.07. The number of rotatable bonds is 5. The van der Waals surface area contributed by atoms with E-state index in [0.29, 0.717) is 12.2 Å². The summed E-state index contributed by atoms with van der Waals surface area (Å²) >= 11 is 0. The Labute approximate surface area is 119 Å². The van der Waals surface area contributed by atoms with E-state index in [-0.39, 0.29) is 4.90 Å². The van der Waals surface area contributed by atoms with Gasteiger partial charge in [0, 0.05) is 12.2 Å². The fraction of sp³-hybridized carbons (Fsp3) is 0.200. The largest absolute Gasteiger partial charge is 0.326 e. The van der Waals surface area contributed by atoms with Gasteiger partial charge in [0.1, 0.15) is 0 Å². The minimum absolute atomic E-state index is 0.224. The van der Waals surface area contributed by atoms with Crippen molar-refractivity contribution >= 4 is 15.7 Å². The van der Waals surface area contributed by atoms with Gasteiger partial charge in [-0.3, -0.25) is 4.72 Å². The normalized spacial score (nSPS) is 11.3. The molecule has 0 aliphatic heterocycles. The van der Waals surface area contributed by atoms with Crippen molar-refractivity contribution in [3.8, 4) is 0 Å². The highest BCUT2D eigenvalue weighted by molar-refractivity contribution is 7.92. The Morgan fingerprint density at radius 2 is 1.75 bits per heavy atom. The number of sulfonamides is 1. The fourth-order valence-electron chi connectivity index (χ4n) is 1.91. The van der Waals surface area contributed by atoms with E-state index in [4.69, 9.17) is 5.73 Å². The Bertz CT molecular complexity index is 697. The highest BCUT2D eigenvalue weighted by Crippen LogP contribution is 2.18. The van der Waals surface area contributed by atoms with Gasteiger partial charge in [0.05, 0.1) is 4.90 Å². The second-order valence-electron chi connectivity index (χ2n) is 4.51. The van der Waals surface area contributed by atoms with Gasteiger partial charge in [-0.2, -0.15) is 0 Å². The molecule has 0 amide bonds. The number of aryl methyl sites for hydroxylation is 1. The Hall–Kier alpha value is -1.85. The number of nitrogens with one attached hydrogen (secondary N) is 1. The second-order valence-corrected chi connectivity index (χ2v) is 6.19. The summed E-state index contributed by atoms with van der Waals surface area (Å²) in [5.41, 5.74) is 7.98. The first-order chi connectivity index (χ1) is 9.55. The summed E-state index contributed by atoms with van der Waals surface area (Å²) < 4.78 is 27.2. The maximum Gasteiger partial charge on any atom is 0.261 e. The van der Waals surface area contributed by atoms with Crippen molar-refractivity contribution in [3.63, 3.8) is 0 Å². The van der Waals surface area contributed by atoms with Gasteiger partial charge in [-0.25, -0.2) is 8.42 Å². The molecule has 0 saturated carbocycles. The number of anilines is 1. The smallest absolute Gasteiger partial charge is 0.261 e. The molecule has 0 atom stereocenters. The van der Waals surface area contributed by atoms with E-state index < -0.39 is 10.0 Å². The van der Waals surface area contributed by atoms with Gasteiger partial charge < -0.3 is 5.73 Å². The molecule has 0 saturated heterocycles. The Kier molecular flexibility index (Phi) is 4.42. The van der Waals surface area contributed by atoms with Gasteiger partial charge in [0.15, 0.2) is 0 Å². The van der Waals surface area contributed by atoms with E-state index in [1.54, 1.807) is 30.3 Å². The molecule has 2 aromatic rings. The first-order valence-electron chi connectivity index (χ1n) is 6.46. The lowest BCUT2D eigenvalue weighted by Crippen LogP contribution is -2.13. The molecule has 0 aromatic heterocycles. The summed E-state index contributed by atoms with van der Waals surface area (Å²) in [4.78, 5) is 0.224. The molecule has 0 unspecified atom stereocenters. The molecule has 2 rings (SSSR count). The van der Waals surface area contributed by atoms with E-state index in [1.165, 1.54) is 0 Å². The fourth-order valence-corrected chi connectivity index (χ4v) is 3.03. The lowest BCUT2D eigenvalue weighted by atomic mass is 10.1. The molecular weight excluding hydrogens is 272 g/mol. The van der Waals surface area contributed by atoms with Crippen molar-refractivity contribution in [3.05, 3.63) is 59.7 Å². The van der Waals surface area contributed by atoms with Crippen LogP contribution in [0.1, 0.15) is 18.1 Å². The van der Waals surface area contributed by atoms with Gasteiger partial charge in [0.2, 0.25) is 0 Å². The predicted octanol–water partition coefficient (Wildman–Crippen LogP) is 2.51. The zero-order chi connectivity index (χ0) is 14.6. The topological polar surface area (TPSA) is 72.2 Å². The SMILES string of the molecule is CCc1cccc(NS(=O)(=O)c2cccc(CN)c2)c1. The zero-order valence-electron chi connectivity index (χ0n) is 11.3. The maximum absolute atomic E-state index is 12.3. The van der Waals surface area contributed by atoms with Crippen molar-refractivity contribution in [1.82, 2.24) is 0 Å². The minimum atomic E-state index is -3.58. The van der Waals surface area contributed by atoms with Crippen LogP contribution in [0.3, 0.4) is 0 Å². The van der Waals surface area contributed by atoms with Crippen LogP contribution in [0.5, 0.6) is 0 Å². The van der Waals surface area contributed by atoms with Crippen molar-refractivity contribution in [1.29, 1.82) is 0 Å². The van der Waals surface area contributed by atoms with E-state index >= 15 is 0 Å². The molecular formula is C15H18N2O2S. The minimum Gasteiger partial charge on any atom is -0.326 e. The molecule has 0 bridgehead atoms. The molecule has 20 heavy (non-hydrogen) atoms. The van der Waals surface area contributed by atoms with Crippen LogP contribution in [0.15, 0.2) is 53.4 Å². The van der Waals surface area contributed by atoms with Crippen molar-refractivity contribution in [2.45, 2.75) is 24.8 Å². The van der Waals surface area contributed by atoms with E-state index in [1.807, 2.05) is 25.1 Å². The standard InChI is InChI=1S/C15H18N2O2S/c1-2-12-5-3-7-14(9-12)17-20(18,19)15-8-4-6-13(10-15)11-16/h3-10,17H,2,11,16H2,1H3. The van der Waals surface area contributed by atoms with Gasteiger partial charge in [0.25, 0.3) is 10.0 Å². The molecule has 106 valence electrons. The predicted molar refractivity (Wildman–Crippen MR) is 81.0 cm³/mol. The highest BCUT2D eigenvalue weighted by Gasteiger charge is 2.14. The zero-order valence-corrected chi connectivity index (χ0v) is 12.2. The third-order valence-electron chi connectivity index (χ3n) is 3.03. The van der Waals surface area contributed by atoms with Gasteiger partial charge in [-0.1, -0.05) is 31.2 Å². The summed E-state index contributed by atoms with van der Waals surface area (Å²) in [6.45, 7) is 2.34. The monoisotopic (exact) mass is 290 g/mol. The van der Waals surface area contributed by atoms with Crippen LogP contribution in [-0.2, 0) is 23.0 Å². The van der Waals surface area contributed by atoms with Crippen LogP contribution in [0.2, 0.25) is 0 Å². The van der Waals surface area contributed by atoms with Gasteiger partial charge in [-0.05, 0) is 41.8 Å². The van der Waals surface area contributed by atoms with Crippen LogP contribution in [0, 0.1) is 0 Å². The van der Waals surface area contributed by atoms with Gasteiger partial charge >= 0.3 is 0 Å². The summed E-state index contributed by atoms with van der Waals surface area (Å²) in [6.07, 6.45) is 0.859. The molecule has 2 aromatic carbocycles. The first kappa shape index (κ1) is 14.6. The van der Waals surface area contributed by atoms with E-state index in [9.17, 15) is 8.42 Å². The van der Waals surface area contributed by atoms with E-state index in [0.717, 1.165) is 17.5 Å². The summed E-state index contributed by atoms with van der Waals surface area (Å²) in [5, 5.41) is 0. The average Bonchev–Trinajstić information content (AvgIpc) is 2.47. The highest BCUT2D eigenvalue weighted by atomic mass is 32.2. The van der Waals surface area contributed by atoms with Crippen LogP contribution in [0.4, 0.5) is 5.69 Å². The van der Waals surface area contributed by atoms with Crippen LogP contribution in [-0.4, -0.2) is 8.42 Å². The molecule has 0 heterocycles. The Morgan fingerprint density at radius 1 is 1.05 bits per heavy atom. The maximum atomic E-state index is 12.3. The molecule has 0 aliphatic carbocycles. The van der Waals surface area contributed by atoms with Crippen molar-refractivity contribution < 1.29 is 8.42 Å². The van der Waals surface area contributed by atoms with Gasteiger partial charge in [-0.15, -0.1) is 0 Å². The molecule has 0 fully saturated rings. The lowest BCUT2D eigenvalue weighted by Gasteiger charge is -2.10. The Morgan fingerprint density at radius 3 is 2.45 bits per heavy atom. The summed E-state index contributed by atoms with van der Waals surface area (Å²) in [5.74, 6) is 0. The van der Waals surface area contributed by atoms with Crippen molar-refractivity contribution in [2.24, 2.45) is 5.73 Å². The third-order valence-corrected chi connectivity index (χ3v) is 4.41. The Balaban J connectivity index is 2.30. The summed E-state index contributed by atoms with van der Waals surface area (Å²) in [6, 6.07) is 14.0. The lowest BCUT2D eigenvalue weighted by molar-refractivity contribution is 0.601. The number of nitrogens with two attached hydrogens (primary N) is 1. The summed E-state index contributed by atoms with van der Waals surface area (Å²) in [7, 11) is -3.58. The van der Waals surface area contributed by atoms with Crippen LogP contribution in [0.25, 0.3) is 0 Å². The molecule has 5 heteroatoms. The first-order valence-corrected chi connectivity index (χ1v) is 7.94.